The number of esters is 1. The zero-order chi connectivity index (χ0) is 25.3. The van der Waals surface area contributed by atoms with Gasteiger partial charge in [-0.2, -0.15) is 13.6 Å². The second-order valence-corrected chi connectivity index (χ2v) is 11.1. The fourth-order valence-electron chi connectivity index (χ4n) is 4.23. The van der Waals surface area contributed by atoms with E-state index < -0.39 is 38.3 Å². The lowest BCUT2D eigenvalue weighted by Crippen LogP contribution is -2.50. The SMILES string of the molecule is [B][P+]1(OCOC(C)=O)OCC2OC(N3c4ncnc(N)c4NC3SCc3ccccc3)C(OC)[C@@H]2O1. The standard InChI is InChI=1S/C21H26BN5O7PS/c1-12(28)30-11-32-35(22)31-8-14-16(34-35)17(29-2)20(33-14)27-19-15(18(23)24-10-25-19)26-21(27)36-9-13-6-4-3-5-7-13/h3-7,10,14,16-17,20-21,26H,8-9,11H2,1-2H3,(H2,23,24,25)/q+1/t14?,16-,17?,20?,21?,35?/m1/s1. The Morgan fingerprint density at radius 2 is 2.17 bits per heavy atom. The first-order valence-electron chi connectivity index (χ1n) is 11.2. The topological polar surface area (TPSA) is 140 Å². The van der Waals surface area contributed by atoms with Crippen LogP contribution in [0.3, 0.4) is 0 Å². The number of rotatable bonds is 8. The van der Waals surface area contributed by atoms with Crippen LogP contribution in [-0.2, 0) is 38.3 Å². The van der Waals surface area contributed by atoms with E-state index in [0.717, 1.165) is 5.75 Å². The van der Waals surface area contributed by atoms with E-state index in [9.17, 15) is 4.79 Å². The van der Waals surface area contributed by atoms with Gasteiger partial charge in [0.25, 0.3) is 0 Å². The smallest absolute Gasteiger partial charge is 0.434 e. The number of nitrogen functional groups attached to an aromatic ring is 1. The highest BCUT2D eigenvalue weighted by atomic mass is 32.2. The maximum Gasteiger partial charge on any atom is 0.488 e. The number of aromatic nitrogens is 2. The minimum atomic E-state index is -3.26. The minimum Gasteiger partial charge on any atom is -0.434 e. The third kappa shape index (κ3) is 5.12. The summed E-state index contributed by atoms with van der Waals surface area (Å²) in [6.07, 6.45) is -0.826. The van der Waals surface area contributed by atoms with Crippen molar-refractivity contribution in [2.24, 2.45) is 0 Å². The van der Waals surface area contributed by atoms with E-state index in [1.54, 1.807) is 18.9 Å². The lowest BCUT2D eigenvalue weighted by Gasteiger charge is -2.34. The first-order valence-corrected chi connectivity index (χ1v) is 13.8. The molecular formula is C21H26BN5O7PS+. The van der Waals surface area contributed by atoms with Crippen LogP contribution in [0.2, 0.25) is 0 Å². The Morgan fingerprint density at radius 1 is 1.36 bits per heavy atom. The van der Waals surface area contributed by atoms with E-state index in [1.807, 2.05) is 23.1 Å². The monoisotopic (exact) mass is 534 g/mol. The van der Waals surface area contributed by atoms with Crippen LogP contribution >= 0.6 is 19.6 Å². The van der Waals surface area contributed by atoms with Crippen LogP contribution in [0.15, 0.2) is 36.7 Å². The molecule has 1 aromatic carbocycles. The van der Waals surface area contributed by atoms with Gasteiger partial charge in [0.15, 0.2) is 29.5 Å². The van der Waals surface area contributed by atoms with Gasteiger partial charge < -0.3 is 25.3 Å². The molecule has 3 N–H and O–H groups in total. The number of ether oxygens (including phenoxy) is 3. The highest BCUT2D eigenvalue weighted by Gasteiger charge is 2.61. The molecule has 4 heterocycles. The Labute approximate surface area is 214 Å². The number of anilines is 3. The van der Waals surface area contributed by atoms with E-state index in [1.165, 1.54) is 18.8 Å². The molecule has 36 heavy (non-hydrogen) atoms. The van der Waals surface area contributed by atoms with Crippen molar-refractivity contribution in [2.75, 3.05) is 36.5 Å². The third-order valence-corrected chi connectivity index (χ3v) is 8.56. The summed E-state index contributed by atoms with van der Waals surface area (Å²) in [5.74, 6) is 1.16. The summed E-state index contributed by atoms with van der Waals surface area (Å²) in [6, 6.07) is 10.1. The number of benzene rings is 1. The molecule has 2 fully saturated rings. The van der Waals surface area contributed by atoms with Crippen molar-refractivity contribution in [1.29, 1.82) is 0 Å². The van der Waals surface area contributed by atoms with E-state index in [-0.39, 0.29) is 18.9 Å². The van der Waals surface area contributed by atoms with Crippen molar-refractivity contribution >= 4 is 50.4 Å². The predicted octanol–water partition coefficient (Wildman–Crippen LogP) is 2.05. The van der Waals surface area contributed by atoms with E-state index in [4.69, 9.17) is 41.1 Å². The van der Waals surface area contributed by atoms with Crippen LogP contribution in [0.5, 0.6) is 0 Å². The number of nitrogens with zero attached hydrogens (tertiary/aromatic N) is 3. The molecule has 2 aromatic rings. The lowest BCUT2D eigenvalue weighted by atomic mass is 10.1. The Hall–Kier alpha value is -2.19. The molecule has 0 bridgehead atoms. The van der Waals surface area contributed by atoms with Gasteiger partial charge in [0.05, 0.1) is 0 Å². The molecule has 3 aliphatic heterocycles. The normalized spacial score (nSPS) is 30.9. The fraction of sp³-hybridized carbons (Fsp3) is 0.476. The number of fused-ring (bicyclic) bond motifs is 2. The van der Waals surface area contributed by atoms with E-state index in [2.05, 4.69) is 27.4 Å². The number of nitrogens with two attached hydrogens (primary N) is 1. The van der Waals surface area contributed by atoms with Crippen LogP contribution < -0.4 is 16.0 Å². The van der Waals surface area contributed by atoms with Gasteiger partial charge in [0, 0.05) is 19.8 Å². The molecule has 12 nitrogen and oxygen atoms in total. The molecule has 5 rings (SSSR count). The van der Waals surface area contributed by atoms with E-state index in [0.29, 0.717) is 17.3 Å². The number of nitrogens with one attached hydrogen (secondary N) is 1. The Kier molecular flexibility index (Phi) is 7.54. The lowest BCUT2D eigenvalue weighted by molar-refractivity contribution is -0.149. The van der Waals surface area contributed by atoms with Crippen molar-refractivity contribution in [3.05, 3.63) is 42.2 Å². The Bertz CT molecular complexity index is 1090. The molecule has 2 saturated heterocycles. The fourth-order valence-corrected chi connectivity index (χ4v) is 6.70. The largest absolute Gasteiger partial charge is 0.488 e. The van der Waals surface area contributed by atoms with Crippen LogP contribution in [0.25, 0.3) is 0 Å². The third-order valence-electron chi connectivity index (χ3n) is 5.89. The summed E-state index contributed by atoms with van der Waals surface area (Å²) in [6.45, 7) is 1.01. The maximum atomic E-state index is 11.1. The quantitative estimate of drug-likeness (QED) is 0.221. The van der Waals surface area contributed by atoms with Gasteiger partial charge >= 0.3 is 21.4 Å². The highest BCUT2D eigenvalue weighted by Crippen LogP contribution is 2.63. The van der Waals surface area contributed by atoms with Crippen molar-refractivity contribution in [3.8, 4) is 0 Å². The number of hydrogen-bond donors (Lipinski definition) is 2. The summed E-state index contributed by atoms with van der Waals surface area (Å²) in [5.41, 5.74) is 7.68. The molecule has 15 heteroatoms. The minimum absolute atomic E-state index is 0.118. The van der Waals surface area contributed by atoms with Crippen LogP contribution in [0.1, 0.15) is 12.5 Å². The molecule has 3 aliphatic rings. The van der Waals surface area contributed by atoms with Gasteiger partial charge in [0.1, 0.15) is 30.8 Å². The van der Waals surface area contributed by atoms with Crippen molar-refractivity contribution in [2.45, 2.75) is 42.7 Å². The van der Waals surface area contributed by atoms with Gasteiger partial charge in [-0.15, -0.1) is 11.8 Å². The average molecular weight is 534 g/mol. The summed E-state index contributed by atoms with van der Waals surface area (Å²) < 4.78 is 34.2. The van der Waals surface area contributed by atoms with Crippen molar-refractivity contribution < 1.29 is 32.6 Å². The molecule has 0 aliphatic carbocycles. The molecule has 0 amide bonds. The summed E-state index contributed by atoms with van der Waals surface area (Å²) >= 11 is 1.65. The van der Waals surface area contributed by atoms with Gasteiger partial charge in [-0.25, -0.2) is 9.97 Å². The Balaban J connectivity index is 1.37. The predicted molar refractivity (Wildman–Crippen MR) is 135 cm³/mol. The molecule has 6 atom stereocenters. The van der Waals surface area contributed by atoms with Crippen molar-refractivity contribution in [1.82, 2.24) is 9.97 Å². The van der Waals surface area contributed by atoms with Gasteiger partial charge in [-0.3, -0.25) is 9.69 Å². The molecular weight excluding hydrogens is 508 g/mol. The summed E-state index contributed by atoms with van der Waals surface area (Å²) in [4.78, 5) is 21.7. The number of carbonyl (C=O) groups excluding carboxylic acids is 1. The van der Waals surface area contributed by atoms with E-state index >= 15 is 0 Å². The zero-order valence-electron chi connectivity index (χ0n) is 19.7. The number of thioether (sulfide) groups is 1. The molecule has 1 aromatic heterocycles. The molecule has 190 valence electrons. The van der Waals surface area contributed by atoms with Crippen LogP contribution in [0, 0.1) is 0 Å². The Morgan fingerprint density at radius 3 is 2.92 bits per heavy atom. The number of carbonyl (C=O) groups is 1. The second-order valence-electron chi connectivity index (χ2n) is 8.21. The maximum absolute atomic E-state index is 11.1. The first kappa shape index (κ1) is 25.5. The first-order chi connectivity index (χ1) is 17.4. The van der Waals surface area contributed by atoms with Crippen molar-refractivity contribution in [3.63, 3.8) is 0 Å². The highest BCUT2D eigenvalue weighted by molar-refractivity contribution is 7.99. The molecule has 5 unspecified atom stereocenters. The number of hydrogen-bond acceptors (Lipinski definition) is 13. The van der Waals surface area contributed by atoms with Crippen LogP contribution in [-0.4, -0.2) is 74.1 Å². The zero-order valence-corrected chi connectivity index (χ0v) is 21.4. The summed E-state index contributed by atoms with van der Waals surface area (Å²) in [5, 5.41) is 3.42. The number of methoxy groups -OCH3 is 1. The van der Waals surface area contributed by atoms with Crippen LogP contribution in [0.4, 0.5) is 17.3 Å². The van der Waals surface area contributed by atoms with Gasteiger partial charge in [-0.05, 0) is 5.56 Å². The van der Waals surface area contributed by atoms with Gasteiger partial charge in [-0.1, -0.05) is 30.3 Å². The second kappa shape index (κ2) is 10.7. The van der Waals surface area contributed by atoms with Gasteiger partial charge in [0.2, 0.25) is 6.79 Å². The molecule has 0 spiro atoms. The summed E-state index contributed by atoms with van der Waals surface area (Å²) in [7, 11) is 4.54. The average Bonchev–Trinajstić information content (AvgIpc) is 3.40. The molecule has 0 saturated carbocycles. The molecule has 2 radical (unpaired) electrons.